The van der Waals surface area contributed by atoms with Crippen LogP contribution in [0.5, 0.6) is 0 Å². The van der Waals surface area contributed by atoms with Crippen molar-refractivity contribution in [2.75, 3.05) is 32.5 Å². The molecule has 9 nitrogen and oxygen atoms in total. The summed E-state index contributed by atoms with van der Waals surface area (Å²) < 4.78 is 9.18. The zero-order valence-electron chi connectivity index (χ0n) is 19.4. The number of thiophene rings is 1. The number of fused-ring (bicyclic) bond motifs is 5. The average Bonchev–Trinajstić information content (AvgIpc) is 3.60. The van der Waals surface area contributed by atoms with Gasteiger partial charge in [-0.05, 0) is 44.0 Å². The Hall–Kier alpha value is -2.73. The van der Waals surface area contributed by atoms with Gasteiger partial charge in [0.05, 0.1) is 22.9 Å². The molecular weight excluding hydrogens is 484 g/mol. The lowest BCUT2D eigenvalue weighted by atomic mass is 10.1. The van der Waals surface area contributed by atoms with Crippen LogP contribution in [0, 0.1) is 0 Å². The fourth-order valence-corrected chi connectivity index (χ4v) is 7.04. The van der Waals surface area contributed by atoms with Gasteiger partial charge in [0, 0.05) is 31.1 Å². The van der Waals surface area contributed by atoms with Gasteiger partial charge < -0.3 is 15.0 Å². The molecule has 1 fully saturated rings. The summed E-state index contributed by atoms with van der Waals surface area (Å²) in [5.41, 5.74) is 1.80. The minimum absolute atomic E-state index is 0.0676. The van der Waals surface area contributed by atoms with E-state index in [1.54, 1.807) is 15.9 Å². The molecule has 1 N–H and O–H groups in total. The van der Waals surface area contributed by atoms with E-state index in [-0.39, 0.29) is 23.3 Å². The molecule has 2 aliphatic heterocycles. The molecule has 1 saturated heterocycles. The Morgan fingerprint density at radius 1 is 1.29 bits per heavy atom. The van der Waals surface area contributed by atoms with Crippen LogP contribution >= 0.6 is 23.1 Å². The van der Waals surface area contributed by atoms with Gasteiger partial charge in [-0.1, -0.05) is 30.0 Å². The summed E-state index contributed by atoms with van der Waals surface area (Å²) in [6.45, 7) is 3.02. The van der Waals surface area contributed by atoms with E-state index in [0.717, 1.165) is 60.4 Å². The lowest BCUT2D eigenvalue weighted by molar-refractivity contribution is -0.119. The van der Waals surface area contributed by atoms with Gasteiger partial charge in [0.2, 0.25) is 11.7 Å². The number of nitrogens with one attached hydrogen (secondary N) is 1. The second-order valence-corrected chi connectivity index (χ2v) is 11.0. The van der Waals surface area contributed by atoms with Crippen molar-refractivity contribution in [2.24, 2.45) is 0 Å². The van der Waals surface area contributed by atoms with Crippen molar-refractivity contribution in [3.8, 4) is 5.69 Å². The number of carbonyl (C=O) groups excluding carboxylic acids is 1. The molecular formula is C24H26N6O3S2. The third kappa shape index (κ3) is 4.16. The number of nitrogens with zero attached hydrogens (tertiary/aromatic N) is 5. The molecule has 3 aromatic heterocycles. The van der Waals surface area contributed by atoms with Crippen LogP contribution < -0.4 is 10.9 Å². The zero-order chi connectivity index (χ0) is 23.9. The molecule has 0 radical (unpaired) electrons. The van der Waals surface area contributed by atoms with Gasteiger partial charge >= 0.3 is 0 Å². The number of thioether (sulfide) groups is 1. The van der Waals surface area contributed by atoms with Crippen molar-refractivity contribution in [1.82, 2.24) is 29.4 Å². The van der Waals surface area contributed by atoms with Gasteiger partial charge in [0.15, 0.2) is 5.16 Å². The average molecular weight is 511 g/mol. The minimum Gasteiger partial charge on any atom is -0.376 e. The fraction of sp³-hybridized carbons (Fsp3) is 0.417. The second-order valence-electron chi connectivity index (χ2n) is 8.99. The monoisotopic (exact) mass is 510 g/mol. The van der Waals surface area contributed by atoms with E-state index in [0.29, 0.717) is 17.5 Å². The topological polar surface area (TPSA) is 93.8 Å². The number of hydrogen-bond acceptors (Lipinski definition) is 8. The molecule has 2 aliphatic rings. The fourth-order valence-electron chi connectivity index (χ4n) is 4.80. The molecule has 11 heteroatoms. The maximum Gasteiger partial charge on any atom is 0.268 e. The van der Waals surface area contributed by atoms with E-state index >= 15 is 0 Å². The summed E-state index contributed by atoms with van der Waals surface area (Å²) in [7, 11) is 2.10. The van der Waals surface area contributed by atoms with Crippen LogP contribution in [0.15, 0.2) is 40.3 Å². The molecule has 182 valence electrons. The summed E-state index contributed by atoms with van der Waals surface area (Å²) in [5.74, 6) is 0.609. The zero-order valence-corrected chi connectivity index (χ0v) is 21.0. The minimum atomic E-state index is -0.0704. The molecule has 6 rings (SSSR count). The van der Waals surface area contributed by atoms with Crippen molar-refractivity contribution in [1.29, 1.82) is 0 Å². The second kappa shape index (κ2) is 9.38. The molecule has 1 aromatic carbocycles. The van der Waals surface area contributed by atoms with Gasteiger partial charge in [-0.25, -0.2) is 8.97 Å². The first-order chi connectivity index (χ1) is 17.1. The molecule has 0 spiro atoms. The highest BCUT2D eigenvalue weighted by Crippen LogP contribution is 2.35. The number of para-hydroxylation sites is 1. The predicted molar refractivity (Wildman–Crippen MR) is 137 cm³/mol. The molecule has 1 amide bonds. The van der Waals surface area contributed by atoms with Gasteiger partial charge in [-0.15, -0.1) is 21.5 Å². The quantitative estimate of drug-likeness (QED) is 0.398. The number of rotatable bonds is 6. The summed E-state index contributed by atoms with van der Waals surface area (Å²) in [6.07, 6.45) is 2.96. The summed E-state index contributed by atoms with van der Waals surface area (Å²) >= 11 is 2.96. The maximum absolute atomic E-state index is 13.8. The highest BCUT2D eigenvalue weighted by Gasteiger charge is 2.27. The SMILES string of the molecule is CN1CCc2c(sc3c2c(=O)n(-c2ccccc2)c2nnc(SCC(=O)NC[C@H]4CCCO4)n32)C1. The van der Waals surface area contributed by atoms with E-state index in [2.05, 4.69) is 27.5 Å². The summed E-state index contributed by atoms with van der Waals surface area (Å²) in [6, 6.07) is 9.54. The Balaban J connectivity index is 1.41. The number of amides is 1. The smallest absolute Gasteiger partial charge is 0.268 e. The predicted octanol–water partition coefficient (Wildman–Crippen LogP) is 2.47. The summed E-state index contributed by atoms with van der Waals surface area (Å²) in [5, 5.41) is 13.1. The molecule has 0 bridgehead atoms. The van der Waals surface area contributed by atoms with Crippen LogP contribution in [0.1, 0.15) is 23.3 Å². The maximum atomic E-state index is 13.8. The molecule has 0 unspecified atom stereocenters. The molecule has 35 heavy (non-hydrogen) atoms. The van der Waals surface area contributed by atoms with Crippen LogP contribution in [0.25, 0.3) is 21.7 Å². The van der Waals surface area contributed by atoms with E-state index in [9.17, 15) is 9.59 Å². The van der Waals surface area contributed by atoms with Crippen LogP contribution in [0.2, 0.25) is 0 Å². The Morgan fingerprint density at radius 2 is 2.14 bits per heavy atom. The van der Waals surface area contributed by atoms with Crippen molar-refractivity contribution >= 4 is 45.0 Å². The normalized spacial score (nSPS) is 18.4. The number of likely N-dealkylation sites (N-methyl/N-ethyl adjacent to an activating group) is 1. The van der Waals surface area contributed by atoms with Crippen LogP contribution in [-0.2, 0) is 22.5 Å². The van der Waals surface area contributed by atoms with Crippen molar-refractivity contribution in [3.05, 3.63) is 51.1 Å². The number of hydrogen-bond donors (Lipinski definition) is 1. The first-order valence-corrected chi connectivity index (χ1v) is 13.6. The van der Waals surface area contributed by atoms with Crippen molar-refractivity contribution in [2.45, 2.75) is 37.1 Å². The Labute approximate surface area is 210 Å². The van der Waals surface area contributed by atoms with E-state index in [4.69, 9.17) is 4.74 Å². The van der Waals surface area contributed by atoms with Gasteiger partial charge in [0.25, 0.3) is 5.56 Å². The van der Waals surface area contributed by atoms with Crippen LogP contribution in [-0.4, -0.2) is 68.6 Å². The first-order valence-electron chi connectivity index (χ1n) is 11.8. The molecule has 0 saturated carbocycles. The van der Waals surface area contributed by atoms with Gasteiger partial charge in [-0.2, -0.15) is 0 Å². The third-order valence-electron chi connectivity index (χ3n) is 6.56. The molecule has 1 atom stereocenters. The number of aromatic nitrogens is 4. The standard InChI is InChI=1S/C24H26N6O3S2/c1-28-10-9-17-18(13-28)35-22-20(17)21(32)29(15-6-3-2-4-7-15)23-26-27-24(30(22)23)34-14-19(31)25-12-16-8-5-11-33-16/h2-4,6-7,16H,5,8-14H2,1H3,(H,25,31)/t16-/m1/s1. The third-order valence-corrected chi connectivity index (χ3v) is 8.69. The van der Waals surface area contributed by atoms with Gasteiger partial charge in [-0.3, -0.25) is 9.59 Å². The number of benzene rings is 1. The lowest BCUT2D eigenvalue weighted by Crippen LogP contribution is -2.32. The highest BCUT2D eigenvalue weighted by atomic mass is 32.2. The van der Waals surface area contributed by atoms with Gasteiger partial charge in [0.1, 0.15) is 4.83 Å². The van der Waals surface area contributed by atoms with Crippen LogP contribution in [0.3, 0.4) is 0 Å². The Kier molecular flexibility index (Phi) is 6.09. The first kappa shape index (κ1) is 22.7. The molecule has 4 aromatic rings. The molecule has 5 heterocycles. The van der Waals surface area contributed by atoms with Crippen molar-refractivity contribution < 1.29 is 9.53 Å². The molecule has 0 aliphatic carbocycles. The lowest BCUT2D eigenvalue weighted by Gasteiger charge is -2.21. The largest absolute Gasteiger partial charge is 0.376 e. The summed E-state index contributed by atoms with van der Waals surface area (Å²) in [4.78, 5) is 30.7. The van der Waals surface area contributed by atoms with Crippen molar-refractivity contribution in [3.63, 3.8) is 0 Å². The van der Waals surface area contributed by atoms with E-state index < -0.39 is 0 Å². The Bertz CT molecular complexity index is 1460. The number of carbonyl (C=O) groups is 1. The van der Waals surface area contributed by atoms with E-state index in [1.807, 2.05) is 34.7 Å². The van der Waals surface area contributed by atoms with E-state index in [1.165, 1.54) is 16.6 Å². The van der Waals surface area contributed by atoms with Crippen LogP contribution in [0.4, 0.5) is 0 Å². The Morgan fingerprint density at radius 3 is 2.94 bits per heavy atom. The highest BCUT2D eigenvalue weighted by molar-refractivity contribution is 7.99. The number of ether oxygens (including phenoxy) is 1.